The second-order valence-electron chi connectivity index (χ2n) is 20.1. The van der Waals surface area contributed by atoms with Crippen LogP contribution in [0.25, 0.3) is 0 Å². The summed E-state index contributed by atoms with van der Waals surface area (Å²) in [7, 11) is 1.14. The number of esters is 1. The molecule has 0 rings (SSSR count). The molecule has 0 bridgehead atoms. The number of quaternary nitrogens is 1. The summed E-state index contributed by atoms with van der Waals surface area (Å²) in [6, 6.07) is -0.914. The van der Waals surface area contributed by atoms with Crippen LogP contribution >= 0.6 is 7.82 Å². The lowest BCUT2D eigenvalue weighted by atomic mass is 10.1. The van der Waals surface area contributed by atoms with E-state index in [1.54, 1.807) is 0 Å². The molecule has 0 saturated heterocycles. The Labute approximate surface area is 437 Å². The zero-order valence-electron chi connectivity index (χ0n) is 46.4. The third-order valence-electron chi connectivity index (χ3n) is 12.1. The van der Waals surface area contributed by atoms with Crippen LogP contribution in [0.5, 0.6) is 0 Å². The summed E-state index contributed by atoms with van der Waals surface area (Å²) in [6.07, 6.45) is 66.6. The molecular weight excluding hydrogens is 904 g/mol. The van der Waals surface area contributed by atoms with Gasteiger partial charge in [-0.05, 0) is 96.0 Å². The standard InChI is InChI=1S/C61H107N2O7P/c1-7-10-13-16-19-22-25-27-29-30-31-32-34-35-38-41-44-47-50-53-60(64)62-58(57-69-71(66,67)68-56-55-63(4,5)6)59(52-49-46-43-40-37-24-21-18-15-12-9-3)70-61(65)54-51-48-45-42-39-36-33-28-26-23-20-17-14-11-8-2/h11,14,17,19-20,22-23,26-27,29,31-32,35,38,49,52,58-59H,7-10,12-13,15-16,18,21,24-25,28,30,33-34,36-37,39-48,50-51,53-57H2,1-6H3,(H-,62,64,66,67)/b14-11+,20-17+,22-19-,26-23+,29-27-,32-31-,38-35-,52-49-. The molecule has 0 aliphatic carbocycles. The Hall–Kier alpha value is -3.07. The first-order chi connectivity index (χ1) is 34.4. The van der Waals surface area contributed by atoms with E-state index in [0.717, 1.165) is 89.9 Å². The molecule has 0 saturated carbocycles. The number of nitrogens with one attached hydrogen (secondary N) is 1. The molecule has 3 atom stereocenters. The second-order valence-corrected chi connectivity index (χ2v) is 21.5. The van der Waals surface area contributed by atoms with Crippen LogP contribution in [0.15, 0.2) is 97.2 Å². The molecule has 3 unspecified atom stereocenters. The fourth-order valence-corrected chi connectivity index (χ4v) is 8.34. The highest BCUT2D eigenvalue weighted by atomic mass is 31.2. The van der Waals surface area contributed by atoms with Crippen molar-refractivity contribution in [1.82, 2.24) is 5.32 Å². The summed E-state index contributed by atoms with van der Waals surface area (Å²) in [4.78, 5) is 39.8. The van der Waals surface area contributed by atoms with E-state index in [9.17, 15) is 19.0 Å². The van der Waals surface area contributed by atoms with Gasteiger partial charge in [-0.1, -0.05) is 215 Å². The maximum absolute atomic E-state index is 13.5. The van der Waals surface area contributed by atoms with Gasteiger partial charge in [-0.3, -0.25) is 14.2 Å². The Kier molecular flexibility index (Phi) is 48.3. The van der Waals surface area contributed by atoms with E-state index in [-0.39, 0.29) is 31.3 Å². The number of carbonyl (C=O) groups is 2. The highest BCUT2D eigenvalue weighted by Crippen LogP contribution is 2.38. The van der Waals surface area contributed by atoms with Gasteiger partial charge in [-0.15, -0.1) is 0 Å². The molecule has 0 aromatic rings. The smallest absolute Gasteiger partial charge is 0.306 e. The Bertz CT molecular complexity index is 1540. The molecule has 0 fully saturated rings. The molecule has 71 heavy (non-hydrogen) atoms. The summed E-state index contributed by atoms with van der Waals surface area (Å²) in [5.74, 6) is -0.599. The molecule has 0 aromatic carbocycles. The maximum Gasteiger partial charge on any atom is 0.306 e. The van der Waals surface area contributed by atoms with E-state index in [4.69, 9.17) is 13.8 Å². The zero-order chi connectivity index (χ0) is 52.2. The molecule has 0 aliphatic rings. The van der Waals surface area contributed by atoms with Crippen LogP contribution < -0.4 is 10.2 Å². The summed E-state index contributed by atoms with van der Waals surface area (Å²) < 4.78 is 30.2. The fourth-order valence-electron chi connectivity index (χ4n) is 7.62. The van der Waals surface area contributed by atoms with E-state index < -0.39 is 26.6 Å². The first-order valence-electron chi connectivity index (χ1n) is 28.6. The van der Waals surface area contributed by atoms with Crippen LogP contribution in [0.2, 0.25) is 0 Å². The van der Waals surface area contributed by atoms with Crippen LogP contribution in [0.4, 0.5) is 0 Å². The Morgan fingerprint density at radius 3 is 1.51 bits per heavy atom. The minimum absolute atomic E-state index is 0.0357. The predicted octanol–water partition coefficient (Wildman–Crippen LogP) is 16.6. The van der Waals surface area contributed by atoms with Crippen molar-refractivity contribution in [1.29, 1.82) is 0 Å². The van der Waals surface area contributed by atoms with E-state index in [2.05, 4.69) is 111 Å². The van der Waals surface area contributed by atoms with Gasteiger partial charge >= 0.3 is 5.97 Å². The van der Waals surface area contributed by atoms with Crippen molar-refractivity contribution >= 4 is 19.7 Å². The minimum atomic E-state index is -4.71. The number of rotatable bonds is 50. The first-order valence-corrected chi connectivity index (χ1v) is 30.0. The number of likely N-dealkylation sites (N-methyl/N-ethyl adjacent to an activating group) is 1. The molecule has 0 heterocycles. The van der Waals surface area contributed by atoms with E-state index in [0.29, 0.717) is 23.9 Å². The number of phosphoric acid groups is 1. The lowest BCUT2D eigenvalue weighted by Crippen LogP contribution is -2.47. The monoisotopic (exact) mass is 1010 g/mol. The van der Waals surface area contributed by atoms with Crippen LogP contribution in [0, 0.1) is 0 Å². The van der Waals surface area contributed by atoms with Crippen molar-refractivity contribution in [3.05, 3.63) is 97.2 Å². The number of nitrogens with zero attached hydrogens (tertiary/aromatic N) is 1. The predicted molar refractivity (Wildman–Crippen MR) is 302 cm³/mol. The molecule has 0 radical (unpaired) electrons. The molecule has 0 aromatic heterocycles. The summed E-state index contributed by atoms with van der Waals surface area (Å²) >= 11 is 0. The topological polar surface area (TPSA) is 114 Å². The summed E-state index contributed by atoms with van der Waals surface area (Å²) in [5.41, 5.74) is 0. The number of amides is 1. The SMILES string of the molecule is CC/C=C/C=C/C=C/CCCCCCCCCC(=O)OC(/C=C\CCCCCCCCCCC)C(COP(=O)([O-])OCC[N+](C)(C)C)NC(=O)CCCCC/C=C\C/C=C\C/C=C\C/C=C\CCCCC. The number of ether oxygens (including phenoxy) is 1. The third kappa shape index (κ3) is 51.6. The van der Waals surface area contributed by atoms with Gasteiger partial charge in [-0.2, -0.15) is 0 Å². The number of hydrogen-bond donors (Lipinski definition) is 1. The number of phosphoric ester groups is 1. The normalized spacial score (nSPS) is 14.5. The maximum atomic E-state index is 13.5. The quantitative estimate of drug-likeness (QED) is 0.0161. The van der Waals surface area contributed by atoms with Gasteiger partial charge in [0.1, 0.15) is 19.3 Å². The number of unbranched alkanes of at least 4 members (excludes halogenated alkanes) is 22. The van der Waals surface area contributed by atoms with Gasteiger partial charge in [0.05, 0.1) is 33.8 Å². The highest BCUT2D eigenvalue weighted by Gasteiger charge is 2.27. The highest BCUT2D eigenvalue weighted by molar-refractivity contribution is 7.45. The van der Waals surface area contributed by atoms with Gasteiger partial charge in [-0.25, -0.2) is 0 Å². The second kappa shape index (κ2) is 50.5. The van der Waals surface area contributed by atoms with Crippen LogP contribution in [0.3, 0.4) is 0 Å². The van der Waals surface area contributed by atoms with Gasteiger partial charge in [0.15, 0.2) is 0 Å². The number of allylic oxidation sites excluding steroid dienone is 15. The molecule has 0 spiro atoms. The van der Waals surface area contributed by atoms with Gasteiger partial charge in [0, 0.05) is 12.8 Å². The molecular formula is C61H107N2O7P. The van der Waals surface area contributed by atoms with Crippen LogP contribution in [-0.4, -0.2) is 69.4 Å². The Morgan fingerprint density at radius 1 is 0.521 bits per heavy atom. The van der Waals surface area contributed by atoms with Crippen molar-refractivity contribution < 1.29 is 37.3 Å². The number of hydrogen-bond acceptors (Lipinski definition) is 7. The molecule has 0 aliphatic heterocycles. The van der Waals surface area contributed by atoms with E-state index >= 15 is 0 Å². The molecule has 9 nitrogen and oxygen atoms in total. The molecule has 10 heteroatoms. The lowest BCUT2D eigenvalue weighted by molar-refractivity contribution is -0.870. The summed E-state index contributed by atoms with van der Waals surface area (Å²) in [6.45, 7) is 6.62. The zero-order valence-corrected chi connectivity index (χ0v) is 47.3. The molecule has 408 valence electrons. The lowest BCUT2D eigenvalue weighted by Gasteiger charge is -2.30. The van der Waals surface area contributed by atoms with Gasteiger partial charge in [0.2, 0.25) is 5.91 Å². The first kappa shape index (κ1) is 67.9. The Morgan fingerprint density at radius 2 is 0.958 bits per heavy atom. The van der Waals surface area contributed by atoms with Crippen molar-refractivity contribution in [3.63, 3.8) is 0 Å². The van der Waals surface area contributed by atoms with Crippen molar-refractivity contribution in [2.45, 2.75) is 238 Å². The minimum Gasteiger partial charge on any atom is -0.756 e. The average Bonchev–Trinajstić information content (AvgIpc) is 3.33. The van der Waals surface area contributed by atoms with Crippen molar-refractivity contribution in [3.8, 4) is 0 Å². The molecule has 1 amide bonds. The van der Waals surface area contributed by atoms with Gasteiger partial charge < -0.3 is 28.5 Å². The van der Waals surface area contributed by atoms with Crippen molar-refractivity contribution in [2.24, 2.45) is 0 Å². The molecule has 1 N–H and O–H groups in total. The van der Waals surface area contributed by atoms with Gasteiger partial charge in [0.25, 0.3) is 7.82 Å². The third-order valence-corrected chi connectivity index (χ3v) is 13.0. The average molecular weight is 1010 g/mol. The fraction of sp³-hybridized carbons (Fsp3) is 0.705. The summed E-state index contributed by atoms with van der Waals surface area (Å²) in [5, 5.41) is 3.00. The Balaban J connectivity index is 5.40. The van der Waals surface area contributed by atoms with E-state index in [1.807, 2.05) is 33.3 Å². The van der Waals surface area contributed by atoms with Crippen molar-refractivity contribution in [2.75, 3.05) is 40.9 Å². The van der Waals surface area contributed by atoms with Crippen LogP contribution in [-0.2, 0) is 27.9 Å². The van der Waals surface area contributed by atoms with E-state index in [1.165, 1.54) is 89.9 Å². The number of carbonyl (C=O) groups excluding carboxylic acids is 2. The van der Waals surface area contributed by atoms with Crippen LogP contribution in [0.1, 0.15) is 226 Å². The largest absolute Gasteiger partial charge is 0.756 e.